The van der Waals surface area contributed by atoms with Crippen LogP contribution in [0.4, 0.5) is 5.69 Å². The third-order valence-electron chi connectivity index (χ3n) is 6.24. The SMILES string of the molecule is Cc1ccc(S(=O)(=O)N(C)c2cccc(C(=O)NCCOc3ccc(S(=O)(=O)N4CCOCC4)cc3)c2)cc1. The maximum atomic E-state index is 13.0. The number of morpholine rings is 1. The Kier molecular flexibility index (Phi) is 8.90. The second-order valence-electron chi connectivity index (χ2n) is 8.93. The summed E-state index contributed by atoms with van der Waals surface area (Å²) in [5.41, 5.74) is 1.61. The van der Waals surface area contributed by atoms with E-state index in [1.165, 1.54) is 29.6 Å². The van der Waals surface area contributed by atoms with E-state index in [0.717, 1.165) is 9.87 Å². The second-order valence-corrected chi connectivity index (χ2v) is 12.8. The Labute approximate surface area is 229 Å². The van der Waals surface area contributed by atoms with E-state index in [1.807, 2.05) is 6.92 Å². The molecule has 12 heteroatoms. The summed E-state index contributed by atoms with van der Waals surface area (Å²) in [6, 6.07) is 19.0. The summed E-state index contributed by atoms with van der Waals surface area (Å²) in [5.74, 6) is 0.0867. The molecular weight excluding hydrogens is 542 g/mol. The normalized spacial score (nSPS) is 14.5. The van der Waals surface area contributed by atoms with Crippen molar-refractivity contribution < 1.29 is 31.1 Å². The van der Waals surface area contributed by atoms with E-state index in [1.54, 1.807) is 54.6 Å². The number of ether oxygens (including phenoxy) is 2. The largest absolute Gasteiger partial charge is 0.492 e. The first-order chi connectivity index (χ1) is 18.6. The van der Waals surface area contributed by atoms with Gasteiger partial charge in [0.2, 0.25) is 10.0 Å². The monoisotopic (exact) mass is 573 g/mol. The summed E-state index contributed by atoms with van der Waals surface area (Å²) in [7, 11) is -5.93. The standard InChI is InChI=1S/C27H31N3O7S2/c1-21-6-10-25(11-7-21)38(32,33)29(2)23-5-3-4-22(20-23)27(31)28-14-17-37-24-8-12-26(13-9-24)39(34,35)30-15-18-36-19-16-30/h3-13,20H,14-19H2,1-2H3,(H,28,31). The summed E-state index contributed by atoms with van der Waals surface area (Å²) in [6.45, 7) is 3.61. The minimum atomic E-state index is -3.79. The van der Waals surface area contributed by atoms with Crippen LogP contribution in [0.2, 0.25) is 0 Å². The molecule has 208 valence electrons. The van der Waals surface area contributed by atoms with Crippen LogP contribution in [0.15, 0.2) is 82.6 Å². The lowest BCUT2D eigenvalue weighted by Gasteiger charge is -2.26. The second kappa shape index (κ2) is 12.2. The zero-order valence-electron chi connectivity index (χ0n) is 21.7. The minimum absolute atomic E-state index is 0.155. The van der Waals surface area contributed by atoms with E-state index in [9.17, 15) is 21.6 Å². The third kappa shape index (κ3) is 6.77. The molecule has 0 spiro atoms. The van der Waals surface area contributed by atoms with Gasteiger partial charge in [0, 0.05) is 25.7 Å². The Morgan fingerprint density at radius 3 is 2.26 bits per heavy atom. The number of rotatable bonds is 10. The number of hydrogen-bond acceptors (Lipinski definition) is 7. The smallest absolute Gasteiger partial charge is 0.264 e. The topological polar surface area (TPSA) is 122 Å². The molecule has 0 atom stereocenters. The Morgan fingerprint density at radius 1 is 0.949 bits per heavy atom. The summed E-state index contributed by atoms with van der Waals surface area (Å²) in [5, 5.41) is 2.74. The molecule has 3 aromatic carbocycles. The van der Waals surface area contributed by atoms with E-state index in [0.29, 0.717) is 43.3 Å². The van der Waals surface area contributed by atoms with Crippen LogP contribution in [0, 0.1) is 6.92 Å². The lowest BCUT2D eigenvalue weighted by molar-refractivity contribution is 0.0730. The molecule has 0 bridgehead atoms. The molecule has 0 aromatic heterocycles. The maximum Gasteiger partial charge on any atom is 0.264 e. The quantitative estimate of drug-likeness (QED) is 0.370. The van der Waals surface area contributed by atoms with Crippen molar-refractivity contribution in [1.82, 2.24) is 9.62 Å². The van der Waals surface area contributed by atoms with Gasteiger partial charge in [0.15, 0.2) is 0 Å². The lowest BCUT2D eigenvalue weighted by Crippen LogP contribution is -2.40. The highest BCUT2D eigenvalue weighted by Crippen LogP contribution is 2.24. The fourth-order valence-corrected chi connectivity index (χ4v) is 6.52. The van der Waals surface area contributed by atoms with Gasteiger partial charge in [0.1, 0.15) is 12.4 Å². The zero-order chi connectivity index (χ0) is 28.0. The number of aryl methyl sites for hydroxylation is 1. The lowest BCUT2D eigenvalue weighted by atomic mass is 10.2. The van der Waals surface area contributed by atoms with E-state index in [-0.39, 0.29) is 28.8 Å². The van der Waals surface area contributed by atoms with Crippen LogP contribution in [0.1, 0.15) is 15.9 Å². The fraction of sp³-hybridized carbons (Fsp3) is 0.296. The van der Waals surface area contributed by atoms with Gasteiger partial charge in [0.05, 0.1) is 35.2 Å². The number of carbonyl (C=O) groups is 1. The third-order valence-corrected chi connectivity index (χ3v) is 9.95. The molecule has 39 heavy (non-hydrogen) atoms. The molecule has 3 aromatic rings. The van der Waals surface area contributed by atoms with Crippen molar-refractivity contribution in [2.75, 3.05) is 50.8 Å². The predicted molar refractivity (Wildman–Crippen MR) is 147 cm³/mol. The van der Waals surface area contributed by atoms with Gasteiger partial charge in [-0.05, 0) is 61.5 Å². The van der Waals surface area contributed by atoms with Crippen molar-refractivity contribution in [3.05, 3.63) is 83.9 Å². The Bertz CT molecular complexity index is 1500. The van der Waals surface area contributed by atoms with E-state index in [2.05, 4.69) is 5.32 Å². The Hall–Kier alpha value is -3.45. The van der Waals surface area contributed by atoms with E-state index >= 15 is 0 Å². The van der Waals surface area contributed by atoms with Crippen molar-refractivity contribution in [2.24, 2.45) is 0 Å². The van der Waals surface area contributed by atoms with E-state index in [4.69, 9.17) is 9.47 Å². The molecule has 4 rings (SSSR count). The van der Waals surface area contributed by atoms with Crippen molar-refractivity contribution in [1.29, 1.82) is 0 Å². The number of sulfonamides is 2. The fourth-order valence-electron chi connectivity index (χ4n) is 3.93. The van der Waals surface area contributed by atoms with Gasteiger partial charge in [-0.15, -0.1) is 0 Å². The summed E-state index contributed by atoms with van der Waals surface area (Å²) in [4.78, 5) is 13.0. The Balaban J connectivity index is 1.30. The van der Waals surface area contributed by atoms with Crippen LogP contribution in [-0.4, -0.2) is 73.6 Å². The number of carbonyl (C=O) groups excluding carboxylic acids is 1. The molecule has 1 fully saturated rings. The highest BCUT2D eigenvalue weighted by molar-refractivity contribution is 7.92. The Morgan fingerprint density at radius 2 is 1.59 bits per heavy atom. The van der Waals surface area contributed by atoms with Gasteiger partial charge in [0.25, 0.3) is 15.9 Å². The minimum Gasteiger partial charge on any atom is -0.492 e. The van der Waals surface area contributed by atoms with Crippen LogP contribution in [0.3, 0.4) is 0 Å². The predicted octanol–water partition coefficient (Wildman–Crippen LogP) is 2.65. The first-order valence-electron chi connectivity index (χ1n) is 12.3. The number of nitrogens with one attached hydrogen (secondary N) is 1. The average Bonchev–Trinajstić information content (AvgIpc) is 2.96. The van der Waals surface area contributed by atoms with Gasteiger partial charge in [-0.25, -0.2) is 16.8 Å². The molecule has 1 aliphatic rings. The zero-order valence-corrected chi connectivity index (χ0v) is 23.4. The van der Waals surface area contributed by atoms with Gasteiger partial charge < -0.3 is 14.8 Å². The van der Waals surface area contributed by atoms with Crippen LogP contribution >= 0.6 is 0 Å². The van der Waals surface area contributed by atoms with Crippen molar-refractivity contribution in [2.45, 2.75) is 16.7 Å². The van der Waals surface area contributed by atoms with Gasteiger partial charge in [-0.3, -0.25) is 9.10 Å². The number of amides is 1. The van der Waals surface area contributed by atoms with Gasteiger partial charge >= 0.3 is 0 Å². The van der Waals surface area contributed by atoms with Crippen molar-refractivity contribution in [3.63, 3.8) is 0 Å². The van der Waals surface area contributed by atoms with Crippen molar-refractivity contribution >= 4 is 31.6 Å². The number of nitrogens with zero attached hydrogens (tertiary/aromatic N) is 2. The first kappa shape index (κ1) is 28.6. The summed E-state index contributed by atoms with van der Waals surface area (Å²) >= 11 is 0. The molecule has 0 saturated carbocycles. The molecule has 1 heterocycles. The maximum absolute atomic E-state index is 13.0. The molecular formula is C27H31N3O7S2. The number of anilines is 1. The van der Waals surface area contributed by atoms with E-state index < -0.39 is 20.0 Å². The number of hydrogen-bond donors (Lipinski definition) is 1. The molecule has 1 amide bonds. The van der Waals surface area contributed by atoms with Crippen LogP contribution in [-0.2, 0) is 24.8 Å². The van der Waals surface area contributed by atoms with Crippen molar-refractivity contribution in [3.8, 4) is 5.75 Å². The highest BCUT2D eigenvalue weighted by atomic mass is 32.2. The summed E-state index contributed by atoms with van der Waals surface area (Å²) in [6.07, 6.45) is 0. The molecule has 1 aliphatic heterocycles. The van der Waals surface area contributed by atoms with Crippen LogP contribution in [0.25, 0.3) is 0 Å². The molecule has 1 saturated heterocycles. The summed E-state index contributed by atoms with van der Waals surface area (Å²) < 4.78 is 64.8. The van der Waals surface area contributed by atoms with Gasteiger partial charge in [-0.2, -0.15) is 4.31 Å². The van der Waals surface area contributed by atoms with Crippen LogP contribution in [0.5, 0.6) is 5.75 Å². The molecule has 1 N–H and O–H groups in total. The molecule has 0 radical (unpaired) electrons. The first-order valence-corrected chi connectivity index (χ1v) is 15.2. The molecule has 0 unspecified atom stereocenters. The average molecular weight is 574 g/mol. The highest BCUT2D eigenvalue weighted by Gasteiger charge is 2.26. The van der Waals surface area contributed by atoms with Gasteiger partial charge in [-0.1, -0.05) is 23.8 Å². The van der Waals surface area contributed by atoms with Crippen LogP contribution < -0.4 is 14.4 Å². The molecule has 10 nitrogen and oxygen atoms in total. The number of benzene rings is 3. The molecule has 0 aliphatic carbocycles.